The number of para-hydroxylation sites is 1. The summed E-state index contributed by atoms with van der Waals surface area (Å²) in [4.78, 5) is 14.7. The second-order valence-corrected chi connectivity index (χ2v) is 6.22. The lowest BCUT2D eigenvalue weighted by Gasteiger charge is -2.30. The molecule has 0 spiro atoms. The maximum atomic E-state index is 12.7. The summed E-state index contributed by atoms with van der Waals surface area (Å²) in [5.41, 5.74) is 0. The first-order valence-corrected chi connectivity index (χ1v) is 8.35. The lowest BCUT2D eigenvalue weighted by atomic mass is 10.2. The van der Waals surface area contributed by atoms with E-state index in [2.05, 4.69) is 28.2 Å². The quantitative estimate of drug-likeness (QED) is 0.809. The predicted molar refractivity (Wildman–Crippen MR) is 94.8 cm³/mol. The van der Waals surface area contributed by atoms with Gasteiger partial charge in [-0.25, -0.2) is 0 Å². The van der Waals surface area contributed by atoms with Crippen molar-refractivity contribution in [3.8, 4) is 5.75 Å². The van der Waals surface area contributed by atoms with E-state index >= 15 is 0 Å². The topological polar surface area (TPSA) is 41.6 Å². The van der Waals surface area contributed by atoms with E-state index in [9.17, 15) is 4.79 Å². The lowest BCUT2D eigenvalue weighted by Crippen LogP contribution is -2.47. The van der Waals surface area contributed by atoms with Gasteiger partial charge in [-0.05, 0) is 54.4 Å². The summed E-state index contributed by atoms with van der Waals surface area (Å²) in [6.45, 7) is 6.58. The summed E-state index contributed by atoms with van der Waals surface area (Å²) in [5, 5.41) is 3.32. The fourth-order valence-electron chi connectivity index (χ4n) is 2.63. The third-order valence-corrected chi connectivity index (χ3v) is 4.37. The Balaban J connectivity index is 0.00000242. The Kier molecular flexibility index (Phi) is 8.21. The fraction of sp³-hybridized carbons (Fsp3) is 0.562. The average molecular weight is 392 g/mol. The molecule has 6 heteroatoms. The van der Waals surface area contributed by atoms with Crippen molar-refractivity contribution in [3.63, 3.8) is 0 Å². The van der Waals surface area contributed by atoms with E-state index < -0.39 is 6.10 Å². The number of carbonyl (C=O) groups excluding carboxylic acids is 1. The number of nitrogens with zero attached hydrogens (tertiary/aromatic N) is 1. The molecule has 0 bridgehead atoms. The van der Waals surface area contributed by atoms with Crippen molar-refractivity contribution in [1.29, 1.82) is 0 Å². The standard InChI is InChI=1S/C16H23BrN2O2.ClH/c1-3-10-19(13-8-9-18-11-13)16(20)12(2)21-15-7-5-4-6-14(15)17;/h4-7,12-13,18H,3,8-11H2,1-2H3;1H. The van der Waals surface area contributed by atoms with E-state index in [-0.39, 0.29) is 18.3 Å². The Morgan fingerprint density at radius 1 is 1.50 bits per heavy atom. The van der Waals surface area contributed by atoms with E-state index in [1.54, 1.807) is 0 Å². The molecule has 2 atom stereocenters. The van der Waals surface area contributed by atoms with Gasteiger partial charge in [0.05, 0.1) is 4.47 Å². The van der Waals surface area contributed by atoms with Crippen molar-refractivity contribution in [2.24, 2.45) is 0 Å². The van der Waals surface area contributed by atoms with Crippen LogP contribution < -0.4 is 10.1 Å². The Morgan fingerprint density at radius 2 is 2.23 bits per heavy atom. The highest BCUT2D eigenvalue weighted by Gasteiger charge is 2.29. The molecule has 0 saturated carbocycles. The molecule has 22 heavy (non-hydrogen) atoms. The molecule has 1 aromatic rings. The summed E-state index contributed by atoms with van der Waals surface area (Å²) < 4.78 is 6.70. The van der Waals surface area contributed by atoms with Crippen molar-refractivity contribution in [2.45, 2.75) is 38.8 Å². The Labute approximate surface area is 147 Å². The maximum Gasteiger partial charge on any atom is 0.263 e. The molecular weight excluding hydrogens is 368 g/mol. The molecule has 1 N–H and O–H groups in total. The second-order valence-electron chi connectivity index (χ2n) is 5.37. The van der Waals surface area contributed by atoms with Crippen LogP contribution in [0.5, 0.6) is 5.75 Å². The minimum atomic E-state index is -0.476. The van der Waals surface area contributed by atoms with Gasteiger partial charge in [-0.1, -0.05) is 19.1 Å². The van der Waals surface area contributed by atoms with E-state index in [1.165, 1.54) is 0 Å². The third kappa shape index (κ3) is 4.86. The summed E-state index contributed by atoms with van der Waals surface area (Å²) in [6.07, 6.45) is 1.51. The van der Waals surface area contributed by atoms with Crippen LogP contribution in [-0.4, -0.2) is 42.6 Å². The van der Waals surface area contributed by atoms with Crippen LogP contribution in [0.2, 0.25) is 0 Å². The number of hydrogen-bond acceptors (Lipinski definition) is 3. The third-order valence-electron chi connectivity index (χ3n) is 3.71. The van der Waals surface area contributed by atoms with Crippen LogP contribution in [0.1, 0.15) is 26.7 Å². The predicted octanol–water partition coefficient (Wildman–Crippen LogP) is 3.24. The minimum Gasteiger partial charge on any atom is -0.480 e. The minimum absolute atomic E-state index is 0. The van der Waals surface area contributed by atoms with Crippen LogP contribution in [0.4, 0.5) is 0 Å². The zero-order valence-electron chi connectivity index (χ0n) is 13.0. The van der Waals surface area contributed by atoms with Crippen molar-refractivity contribution in [3.05, 3.63) is 28.7 Å². The number of rotatable bonds is 6. The van der Waals surface area contributed by atoms with Crippen LogP contribution in [0.3, 0.4) is 0 Å². The first-order valence-electron chi connectivity index (χ1n) is 7.56. The van der Waals surface area contributed by atoms with Gasteiger partial charge in [0.2, 0.25) is 0 Å². The van der Waals surface area contributed by atoms with E-state index in [4.69, 9.17) is 4.74 Å². The number of hydrogen-bond donors (Lipinski definition) is 1. The molecule has 124 valence electrons. The van der Waals surface area contributed by atoms with Crippen molar-refractivity contribution < 1.29 is 9.53 Å². The molecular formula is C16H24BrClN2O2. The summed E-state index contributed by atoms with van der Waals surface area (Å²) >= 11 is 3.45. The zero-order valence-corrected chi connectivity index (χ0v) is 15.5. The van der Waals surface area contributed by atoms with Gasteiger partial charge in [-0.2, -0.15) is 0 Å². The molecule has 1 fully saturated rings. The smallest absolute Gasteiger partial charge is 0.263 e. The van der Waals surface area contributed by atoms with Gasteiger partial charge in [0.1, 0.15) is 5.75 Å². The zero-order chi connectivity index (χ0) is 15.2. The van der Waals surface area contributed by atoms with Crippen LogP contribution in [0, 0.1) is 0 Å². The molecule has 0 radical (unpaired) electrons. The first kappa shape index (κ1) is 19.3. The van der Waals surface area contributed by atoms with E-state index in [0.29, 0.717) is 11.8 Å². The fourth-order valence-corrected chi connectivity index (χ4v) is 3.01. The summed E-state index contributed by atoms with van der Waals surface area (Å²) in [5.74, 6) is 0.778. The van der Waals surface area contributed by atoms with Gasteiger partial charge in [-0.15, -0.1) is 12.4 Å². The SMILES string of the molecule is CCCN(C(=O)C(C)Oc1ccccc1Br)C1CCNC1.Cl. The largest absolute Gasteiger partial charge is 0.480 e. The van der Waals surface area contributed by atoms with E-state index in [1.807, 2.05) is 36.1 Å². The Morgan fingerprint density at radius 3 is 2.82 bits per heavy atom. The molecule has 1 aromatic carbocycles. The molecule has 0 aliphatic carbocycles. The van der Waals surface area contributed by atoms with Crippen LogP contribution in [-0.2, 0) is 4.79 Å². The molecule has 2 rings (SSSR count). The van der Waals surface area contributed by atoms with Crippen molar-refractivity contribution in [1.82, 2.24) is 10.2 Å². The lowest BCUT2D eigenvalue weighted by molar-refractivity contribution is -0.140. The first-order chi connectivity index (χ1) is 10.1. The second kappa shape index (κ2) is 9.38. The molecule has 1 aliphatic heterocycles. The van der Waals surface area contributed by atoms with Crippen LogP contribution in [0.15, 0.2) is 28.7 Å². The number of ether oxygens (including phenoxy) is 1. The molecule has 1 amide bonds. The van der Waals surface area contributed by atoms with E-state index in [0.717, 1.165) is 36.9 Å². The van der Waals surface area contributed by atoms with Gasteiger partial charge in [0.25, 0.3) is 5.91 Å². The molecule has 4 nitrogen and oxygen atoms in total. The number of benzene rings is 1. The van der Waals surface area contributed by atoms with Gasteiger partial charge in [0.15, 0.2) is 6.10 Å². The summed E-state index contributed by atoms with van der Waals surface area (Å²) in [6, 6.07) is 7.91. The van der Waals surface area contributed by atoms with Crippen LogP contribution in [0.25, 0.3) is 0 Å². The normalized spacial score (nSPS) is 18.4. The highest BCUT2D eigenvalue weighted by molar-refractivity contribution is 9.10. The average Bonchev–Trinajstić information content (AvgIpc) is 3.00. The molecule has 2 unspecified atom stereocenters. The molecule has 1 heterocycles. The molecule has 0 aromatic heterocycles. The highest BCUT2D eigenvalue weighted by atomic mass is 79.9. The number of halogens is 2. The number of carbonyl (C=O) groups is 1. The van der Waals surface area contributed by atoms with Crippen molar-refractivity contribution >= 4 is 34.2 Å². The molecule has 1 saturated heterocycles. The highest BCUT2D eigenvalue weighted by Crippen LogP contribution is 2.25. The molecule has 1 aliphatic rings. The van der Waals surface area contributed by atoms with Gasteiger partial charge in [0, 0.05) is 19.1 Å². The number of amides is 1. The van der Waals surface area contributed by atoms with Gasteiger partial charge < -0.3 is 15.0 Å². The summed E-state index contributed by atoms with van der Waals surface area (Å²) in [7, 11) is 0. The Hall–Kier alpha value is -0.780. The maximum absolute atomic E-state index is 12.7. The number of nitrogens with one attached hydrogen (secondary N) is 1. The van der Waals surface area contributed by atoms with Crippen LogP contribution >= 0.6 is 28.3 Å². The van der Waals surface area contributed by atoms with Gasteiger partial charge in [-0.3, -0.25) is 4.79 Å². The Bertz CT molecular complexity index is 481. The van der Waals surface area contributed by atoms with Crippen molar-refractivity contribution in [2.75, 3.05) is 19.6 Å². The monoisotopic (exact) mass is 390 g/mol. The van der Waals surface area contributed by atoms with Gasteiger partial charge >= 0.3 is 0 Å².